The predicted molar refractivity (Wildman–Crippen MR) is 100 cm³/mol. The highest BCUT2D eigenvalue weighted by molar-refractivity contribution is 6.02. The number of hydrogen-bond acceptors (Lipinski definition) is 4. The first-order chi connectivity index (χ1) is 12.0. The van der Waals surface area contributed by atoms with Crippen molar-refractivity contribution < 1.29 is 4.79 Å². The Labute approximate surface area is 147 Å². The molecule has 2 aromatic carbocycles. The van der Waals surface area contributed by atoms with E-state index in [2.05, 4.69) is 38.8 Å². The number of nitrogens with one attached hydrogen (secondary N) is 2. The highest BCUT2D eigenvalue weighted by atomic mass is 16.1. The minimum atomic E-state index is -0.283. The van der Waals surface area contributed by atoms with Gasteiger partial charge < -0.3 is 10.6 Å². The molecule has 0 bridgehead atoms. The van der Waals surface area contributed by atoms with E-state index in [1.165, 1.54) is 6.20 Å². The summed E-state index contributed by atoms with van der Waals surface area (Å²) in [5, 5.41) is 6.04. The van der Waals surface area contributed by atoms with Gasteiger partial charge >= 0.3 is 0 Å². The molecule has 126 valence electrons. The number of hydrogen-bond donors (Lipinski definition) is 2. The molecule has 0 saturated heterocycles. The van der Waals surface area contributed by atoms with Gasteiger partial charge in [0.2, 0.25) is 0 Å². The molecule has 0 spiro atoms. The van der Waals surface area contributed by atoms with Crippen LogP contribution >= 0.6 is 0 Å². The third-order valence-electron chi connectivity index (χ3n) is 3.85. The van der Waals surface area contributed by atoms with Gasteiger partial charge in [0.15, 0.2) is 0 Å². The second kappa shape index (κ2) is 7.13. The summed E-state index contributed by atoms with van der Waals surface area (Å²) >= 11 is 0. The number of anilines is 3. The Morgan fingerprint density at radius 2 is 1.60 bits per heavy atom. The van der Waals surface area contributed by atoms with E-state index in [4.69, 9.17) is 0 Å². The lowest BCUT2D eigenvalue weighted by Gasteiger charge is -2.10. The average molecular weight is 332 g/mol. The van der Waals surface area contributed by atoms with E-state index in [9.17, 15) is 4.79 Å². The lowest BCUT2D eigenvalue weighted by molar-refractivity contribution is 0.102. The smallest absolute Gasteiger partial charge is 0.275 e. The van der Waals surface area contributed by atoms with E-state index < -0.39 is 0 Å². The molecule has 0 fully saturated rings. The normalized spacial score (nSPS) is 10.4. The van der Waals surface area contributed by atoms with E-state index in [1.54, 1.807) is 6.20 Å². The van der Waals surface area contributed by atoms with Crippen LogP contribution in [0.5, 0.6) is 0 Å². The molecule has 0 radical (unpaired) electrons. The van der Waals surface area contributed by atoms with Crippen molar-refractivity contribution >= 4 is 23.1 Å². The molecular formula is C20H20N4O. The van der Waals surface area contributed by atoms with E-state index in [0.717, 1.165) is 28.1 Å². The zero-order chi connectivity index (χ0) is 17.8. The van der Waals surface area contributed by atoms with E-state index in [0.29, 0.717) is 5.82 Å². The van der Waals surface area contributed by atoms with Crippen molar-refractivity contribution in [3.8, 4) is 0 Å². The summed E-state index contributed by atoms with van der Waals surface area (Å²) in [6.07, 6.45) is 3.03. The van der Waals surface area contributed by atoms with Crippen LogP contribution in [0.2, 0.25) is 0 Å². The monoisotopic (exact) mass is 332 g/mol. The van der Waals surface area contributed by atoms with Crippen LogP contribution in [0.1, 0.15) is 27.2 Å². The minimum Gasteiger partial charge on any atom is -0.339 e. The van der Waals surface area contributed by atoms with Gasteiger partial charge in [-0.2, -0.15) is 0 Å². The van der Waals surface area contributed by atoms with Gasteiger partial charge in [-0.1, -0.05) is 29.8 Å². The van der Waals surface area contributed by atoms with E-state index >= 15 is 0 Å². The van der Waals surface area contributed by atoms with Gasteiger partial charge in [-0.05, 0) is 50.1 Å². The van der Waals surface area contributed by atoms with Gasteiger partial charge in [-0.15, -0.1) is 0 Å². The fourth-order valence-electron chi connectivity index (χ4n) is 2.35. The zero-order valence-electron chi connectivity index (χ0n) is 14.5. The van der Waals surface area contributed by atoms with Gasteiger partial charge in [-0.25, -0.2) is 9.97 Å². The molecule has 5 nitrogen and oxygen atoms in total. The molecule has 5 heteroatoms. The van der Waals surface area contributed by atoms with Crippen molar-refractivity contribution in [3.05, 3.63) is 77.2 Å². The Hall–Kier alpha value is -3.21. The Bertz CT molecular complexity index is 887. The first kappa shape index (κ1) is 16.6. The average Bonchev–Trinajstić information content (AvgIpc) is 2.61. The molecule has 1 amide bonds. The molecule has 0 atom stereocenters. The van der Waals surface area contributed by atoms with Crippen molar-refractivity contribution in [1.82, 2.24) is 9.97 Å². The number of amides is 1. The molecular weight excluding hydrogens is 312 g/mol. The summed E-state index contributed by atoms with van der Waals surface area (Å²) in [5.41, 5.74) is 5.40. The minimum absolute atomic E-state index is 0.270. The Morgan fingerprint density at radius 3 is 2.28 bits per heavy atom. The van der Waals surface area contributed by atoms with Gasteiger partial charge in [0.1, 0.15) is 11.5 Å². The summed E-state index contributed by atoms with van der Waals surface area (Å²) in [5.74, 6) is 0.315. The molecule has 0 aliphatic heterocycles. The van der Waals surface area contributed by atoms with Crippen molar-refractivity contribution in [1.29, 1.82) is 0 Å². The first-order valence-corrected chi connectivity index (χ1v) is 8.05. The summed E-state index contributed by atoms with van der Waals surface area (Å²) < 4.78 is 0. The van der Waals surface area contributed by atoms with Crippen LogP contribution in [-0.2, 0) is 0 Å². The van der Waals surface area contributed by atoms with Gasteiger partial charge in [0, 0.05) is 11.4 Å². The number of aryl methyl sites for hydroxylation is 3. The number of nitrogens with zero attached hydrogens (tertiary/aromatic N) is 2. The maximum absolute atomic E-state index is 12.2. The number of carbonyl (C=O) groups is 1. The Morgan fingerprint density at radius 1 is 0.880 bits per heavy atom. The van der Waals surface area contributed by atoms with Crippen LogP contribution in [0.4, 0.5) is 17.2 Å². The maximum Gasteiger partial charge on any atom is 0.275 e. The van der Waals surface area contributed by atoms with Crippen LogP contribution in [0.25, 0.3) is 0 Å². The molecule has 1 heterocycles. The zero-order valence-corrected chi connectivity index (χ0v) is 14.5. The van der Waals surface area contributed by atoms with Crippen LogP contribution in [0, 0.1) is 20.8 Å². The fourth-order valence-corrected chi connectivity index (χ4v) is 2.35. The summed E-state index contributed by atoms with van der Waals surface area (Å²) in [4.78, 5) is 20.7. The van der Waals surface area contributed by atoms with Crippen molar-refractivity contribution in [3.63, 3.8) is 0 Å². The third kappa shape index (κ3) is 4.20. The number of carbonyl (C=O) groups excluding carboxylic acids is 1. The molecule has 0 aliphatic carbocycles. The summed E-state index contributed by atoms with van der Waals surface area (Å²) in [7, 11) is 0. The molecule has 0 saturated carbocycles. The summed E-state index contributed by atoms with van der Waals surface area (Å²) in [6.45, 7) is 6.06. The van der Waals surface area contributed by atoms with Crippen molar-refractivity contribution in [2.45, 2.75) is 20.8 Å². The molecule has 3 aromatic rings. The number of aromatic nitrogens is 2. The topological polar surface area (TPSA) is 66.9 Å². The lowest BCUT2D eigenvalue weighted by atomic mass is 10.1. The molecule has 0 aliphatic rings. The second-order valence-electron chi connectivity index (χ2n) is 6.05. The van der Waals surface area contributed by atoms with E-state index in [-0.39, 0.29) is 11.6 Å². The standard InChI is InChI=1S/C20H20N4O/c1-13-5-8-16(9-6-13)23-20(25)18-11-22-19(12-21-18)24-17-10-14(2)4-7-15(17)3/h4-12H,1-3H3,(H,22,24)(H,23,25). The number of benzene rings is 2. The molecule has 25 heavy (non-hydrogen) atoms. The number of rotatable bonds is 4. The van der Waals surface area contributed by atoms with Crippen LogP contribution in [-0.4, -0.2) is 15.9 Å². The maximum atomic E-state index is 12.2. The Kier molecular flexibility index (Phi) is 4.75. The lowest BCUT2D eigenvalue weighted by Crippen LogP contribution is -2.14. The largest absolute Gasteiger partial charge is 0.339 e. The van der Waals surface area contributed by atoms with Crippen LogP contribution in [0.15, 0.2) is 54.9 Å². The van der Waals surface area contributed by atoms with Gasteiger partial charge in [0.25, 0.3) is 5.91 Å². The van der Waals surface area contributed by atoms with E-state index in [1.807, 2.05) is 45.0 Å². The van der Waals surface area contributed by atoms with Crippen LogP contribution in [0.3, 0.4) is 0 Å². The molecule has 0 unspecified atom stereocenters. The van der Waals surface area contributed by atoms with Gasteiger partial charge in [-0.3, -0.25) is 4.79 Å². The highest BCUT2D eigenvalue weighted by Crippen LogP contribution is 2.20. The second-order valence-corrected chi connectivity index (χ2v) is 6.05. The van der Waals surface area contributed by atoms with Crippen molar-refractivity contribution in [2.75, 3.05) is 10.6 Å². The van der Waals surface area contributed by atoms with Crippen LogP contribution < -0.4 is 10.6 Å². The third-order valence-corrected chi connectivity index (χ3v) is 3.85. The molecule has 1 aromatic heterocycles. The van der Waals surface area contributed by atoms with Gasteiger partial charge in [0.05, 0.1) is 12.4 Å². The SMILES string of the molecule is Cc1ccc(NC(=O)c2cnc(Nc3cc(C)ccc3C)cn2)cc1. The highest BCUT2D eigenvalue weighted by Gasteiger charge is 2.09. The fraction of sp³-hybridized carbons (Fsp3) is 0.150. The Balaban J connectivity index is 1.70. The quantitative estimate of drug-likeness (QED) is 0.743. The predicted octanol–water partition coefficient (Wildman–Crippen LogP) is 4.40. The summed E-state index contributed by atoms with van der Waals surface area (Å²) in [6, 6.07) is 13.8. The molecule has 3 rings (SSSR count). The first-order valence-electron chi connectivity index (χ1n) is 8.05. The molecule has 2 N–H and O–H groups in total. The van der Waals surface area contributed by atoms with Crippen molar-refractivity contribution in [2.24, 2.45) is 0 Å².